The van der Waals surface area contributed by atoms with E-state index in [-0.39, 0.29) is 36.8 Å². The average molecular weight is 511 g/mol. The summed E-state index contributed by atoms with van der Waals surface area (Å²) in [5.41, 5.74) is 2.47. The molecule has 2 amide bonds. The molecule has 0 saturated heterocycles. The highest BCUT2D eigenvalue weighted by molar-refractivity contribution is 6.31. The number of halogens is 2. The second-order valence-electron chi connectivity index (χ2n) is 8.87. The molecule has 3 aromatic rings. The molecule has 7 heteroatoms. The third-order valence-corrected chi connectivity index (χ3v) is 6.45. The molecule has 0 saturated carbocycles. The van der Waals surface area contributed by atoms with Gasteiger partial charge in [-0.25, -0.2) is 4.39 Å². The lowest BCUT2D eigenvalue weighted by Gasteiger charge is -2.32. The third-order valence-electron chi connectivity index (χ3n) is 6.03. The molecule has 0 bridgehead atoms. The molecule has 3 aromatic carbocycles. The molecule has 1 N–H and O–H groups in total. The van der Waals surface area contributed by atoms with Crippen LogP contribution in [0.1, 0.15) is 37.0 Å². The molecule has 0 heterocycles. The standard InChI is InChI=1S/C29H32ClFN2O3/c1-4-21(3)32-29(35)27(17-22-8-6-5-7-9-22)33(18-23-10-12-24(31)13-11-23)28(34)19-36-25-14-15-26(30)20(2)16-25/h5-16,21,27H,4,17-19H2,1-3H3,(H,32,35)/t21-,27-/m1/s1. The molecule has 3 rings (SSSR count). The number of hydrogen-bond donors (Lipinski definition) is 1. The zero-order valence-corrected chi connectivity index (χ0v) is 21.6. The van der Waals surface area contributed by atoms with Gasteiger partial charge in [-0.15, -0.1) is 0 Å². The molecule has 0 unspecified atom stereocenters. The maximum Gasteiger partial charge on any atom is 0.261 e. The van der Waals surface area contributed by atoms with E-state index in [0.717, 1.165) is 17.5 Å². The molecule has 0 fully saturated rings. The Bertz CT molecular complexity index is 1150. The molecule has 5 nitrogen and oxygen atoms in total. The van der Waals surface area contributed by atoms with Crippen LogP contribution in [0.15, 0.2) is 72.8 Å². The van der Waals surface area contributed by atoms with Crippen LogP contribution in [0, 0.1) is 12.7 Å². The van der Waals surface area contributed by atoms with Gasteiger partial charge in [0.15, 0.2) is 6.61 Å². The second-order valence-corrected chi connectivity index (χ2v) is 9.28. The van der Waals surface area contributed by atoms with Crippen molar-refractivity contribution < 1.29 is 18.7 Å². The zero-order valence-electron chi connectivity index (χ0n) is 20.8. The van der Waals surface area contributed by atoms with Crippen LogP contribution in [-0.2, 0) is 22.6 Å². The molecule has 0 aliphatic carbocycles. The summed E-state index contributed by atoms with van der Waals surface area (Å²) in [4.78, 5) is 28.5. The molecule has 0 spiro atoms. The van der Waals surface area contributed by atoms with Gasteiger partial charge in [0.2, 0.25) is 5.91 Å². The molecule has 0 aromatic heterocycles. The lowest BCUT2D eigenvalue weighted by molar-refractivity contribution is -0.143. The zero-order chi connectivity index (χ0) is 26.1. The van der Waals surface area contributed by atoms with Crippen LogP contribution in [0.5, 0.6) is 5.75 Å². The van der Waals surface area contributed by atoms with Crippen LogP contribution in [0.2, 0.25) is 5.02 Å². The number of rotatable bonds is 11. The van der Waals surface area contributed by atoms with E-state index in [1.54, 1.807) is 30.3 Å². The number of aryl methyl sites for hydroxylation is 1. The van der Waals surface area contributed by atoms with Crippen molar-refractivity contribution in [1.29, 1.82) is 0 Å². The monoisotopic (exact) mass is 510 g/mol. The fourth-order valence-electron chi connectivity index (χ4n) is 3.72. The van der Waals surface area contributed by atoms with Gasteiger partial charge in [0.05, 0.1) is 0 Å². The second kappa shape index (κ2) is 13.1. The first kappa shape index (κ1) is 27.2. The van der Waals surface area contributed by atoms with Crippen molar-refractivity contribution >= 4 is 23.4 Å². The minimum absolute atomic E-state index is 0.0492. The summed E-state index contributed by atoms with van der Waals surface area (Å²) in [5, 5.41) is 3.63. The number of carbonyl (C=O) groups is 2. The Morgan fingerprint density at radius 2 is 1.72 bits per heavy atom. The normalized spacial score (nSPS) is 12.5. The first-order chi connectivity index (χ1) is 17.3. The summed E-state index contributed by atoms with van der Waals surface area (Å²) in [6.45, 7) is 5.64. The van der Waals surface area contributed by atoms with Crippen molar-refractivity contribution in [3.05, 3.63) is 100 Å². The number of ether oxygens (including phenoxy) is 1. The van der Waals surface area contributed by atoms with E-state index in [4.69, 9.17) is 16.3 Å². The maximum atomic E-state index is 13.6. The van der Waals surface area contributed by atoms with Crippen molar-refractivity contribution in [1.82, 2.24) is 10.2 Å². The third kappa shape index (κ3) is 7.82. The summed E-state index contributed by atoms with van der Waals surface area (Å²) < 4.78 is 19.3. The Morgan fingerprint density at radius 1 is 1.03 bits per heavy atom. The fourth-order valence-corrected chi connectivity index (χ4v) is 3.83. The van der Waals surface area contributed by atoms with Gasteiger partial charge in [-0.2, -0.15) is 0 Å². The predicted molar refractivity (Wildman–Crippen MR) is 140 cm³/mol. The van der Waals surface area contributed by atoms with Gasteiger partial charge in [-0.3, -0.25) is 9.59 Å². The highest BCUT2D eigenvalue weighted by Crippen LogP contribution is 2.22. The molecule has 190 valence electrons. The SMILES string of the molecule is CC[C@@H](C)NC(=O)[C@@H](Cc1ccccc1)N(Cc1ccc(F)cc1)C(=O)COc1ccc(Cl)c(C)c1. The van der Waals surface area contributed by atoms with Gasteiger partial charge in [-0.05, 0) is 67.3 Å². The van der Waals surface area contributed by atoms with Crippen LogP contribution < -0.4 is 10.1 Å². The highest BCUT2D eigenvalue weighted by atomic mass is 35.5. The van der Waals surface area contributed by atoms with Crippen molar-refractivity contribution in [2.24, 2.45) is 0 Å². The topological polar surface area (TPSA) is 58.6 Å². The highest BCUT2D eigenvalue weighted by Gasteiger charge is 2.31. The predicted octanol–water partition coefficient (Wildman–Crippen LogP) is 5.72. The minimum atomic E-state index is -0.783. The number of benzene rings is 3. The van der Waals surface area contributed by atoms with Crippen molar-refractivity contribution in [2.45, 2.75) is 52.2 Å². The Morgan fingerprint density at radius 3 is 2.36 bits per heavy atom. The van der Waals surface area contributed by atoms with E-state index >= 15 is 0 Å². The number of nitrogens with one attached hydrogen (secondary N) is 1. The summed E-state index contributed by atoms with van der Waals surface area (Å²) in [5.74, 6) is -0.456. The molecular formula is C29H32ClFN2O3. The minimum Gasteiger partial charge on any atom is -0.484 e. The molecule has 0 radical (unpaired) electrons. The number of carbonyl (C=O) groups excluding carboxylic acids is 2. The number of amides is 2. The largest absolute Gasteiger partial charge is 0.484 e. The first-order valence-electron chi connectivity index (χ1n) is 12.0. The summed E-state index contributed by atoms with van der Waals surface area (Å²) in [7, 11) is 0. The molecule has 0 aliphatic heterocycles. The Labute approximate surface area is 217 Å². The van der Waals surface area contributed by atoms with Gasteiger partial charge in [0.1, 0.15) is 17.6 Å². The summed E-state index contributed by atoms with van der Waals surface area (Å²) in [6, 6.07) is 19.8. The van der Waals surface area contributed by atoms with Crippen LogP contribution in [0.25, 0.3) is 0 Å². The number of hydrogen-bond acceptors (Lipinski definition) is 3. The van der Waals surface area contributed by atoms with Gasteiger partial charge in [-0.1, -0.05) is 61.0 Å². The quantitative estimate of drug-likeness (QED) is 0.359. The van der Waals surface area contributed by atoms with Crippen molar-refractivity contribution in [3.63, 3.8) is 0 Å². The maximum absolute atomic E-state index is 13.6. The van der Waals surface area contributed by atoms with E-state index in [2.05, 4.69) is 5.32 Å². The van der Waals surface area contributed by atoms with E-state index < -0.39 is 6.04 Å². The lowest BCUT2D eigenvalue weighted by Crippen LogP contribution is -2.53. The van der Waals surface area contributed by atoms with Crippen LogP contribution in [0.4, 0.5) is 4.39 Å². The summed E-state index contributed by atoms with van der Waals surface area (Å²) in [6.07, 6.45) is 1.09. The fraction of sp³-hybridized carbons (Fsp3) is 0.310. The smallest absolute Gasteiger partial charge is 0.261 e. The molecular weight excluding hydrogens is 479 g/mol. The van der Waals surface area contributed by atoms with Gasteiger partial charge >= 0.3 is 0 Å². The van der Waals surface area contributed by atoms with Crippen LogP contribution >= 0.6 is 11.6 Å². The van der Waals surface area contributed by atoms with Gasteiger partial charge < -0.3 is 15.0 Å². The van der Waals surface area contributed by atoms with E-state index in [1.807, 2.05) is 51.1 Å². The number of nitrogens with zero attached hydrogens (tertiary/aromatic N) is 1. The van der Waals surface area contributed by atoms with Crippen LogP contribution in [-0.4, -0.2) is 35.4 Å². The van der Waals surface area contributed by atoms with Gasteiger partial charge in [0.25, 0.3) is 5.91 Å². The first-order valence-corrected chi connectivity index (χ1v) is 12.4. The van der Waals surface area contributed by atoms with Crippen LogP contribution in [0.3, 0.4) is 0 Å². The van der Waals surface area contributed by atoms with E-state index in [1.165, 1.54) is 17.0 Å². The average Bonchev–Trinajstić information content (AvgIpc) is 2.88. The van der Waals surface area contributed by atoms with E-state index in [0.29, 0.717) is 22.8 Å². The van der Waals surface area contributed by atoms with E-state index in [9.17, 15) is 14.0 Å². The molecule has 36 heavy (non-hydrogen) atoms. The lowest BCUT2D eigenvalue weighted by atomic mass is 10.0. The Balaban J connectivity index is 1.90. The van der Waals surface area contributed by atoms with Gasteiger partial charge in [0, 0.05) is 24.0 Å². The molecule has 2 atom stereocenters. The Hall–Kier alpha value is -3.38. The van der Waals surface area contributed by atoms with Crippen molar-refractivity contribution in [3.8, 4) is 5.75 Å². The molecule has 0 aliphatic rings. The Kier molecular flexibility index (Phi) is 9.88. The van der Waals surface area contributed by atoms with Crippen molar-refractivity contribution in [2.75, 3.05) is 6.61 Å². The summed E-state index contributed by atoms with van der Waals surface area (Å²) >= 11 is 6.10.